The summed E-state index contributed by atoms with van der Waals surface area (Å²) in [5.74, 6) is 0. The molecule has 0 N–H and O–H groups in total. The largest absolute Gasteiger partial charge is 0.377 e. The number of thioether (sulfide) groups is 1. The van der Waals surface area contributed by atoms with E-state index in [2.05, 4.69) is 0 Å². The number of nitro groups is 1. The Hall–Kier alpha value is -1.58. The number of nitriles is 1. The Morgan fingerprint density at radius 1 is 1.61 bits per heavy atom. The molecule has 1 aliphatic heterocycles. The lowest BCUT2D eigenvalue weighted by Gasteiger charge is -2.13. The van der Waals surface area contributed by atoms with Gasteiger partial charge < -0.3 is 4.74 Å². The molecule has 1 aliphatic rings. The predicted octanol–water partition coefficient (Wildman–Crippen LogP) is 2.74. The van der Waals surface area contributed by atoms with Gasteiger partial charge in [-0.1, -0.05) is 0 Å². The lowest BCUT2D eigenvalue weighted by molar-refractivity contribution is -0.384. The summed E-state index contributed by atoms with van der Waals surface area (Å²) in [4.78, 5) is 10.9. The Labute approximate surface area is 109 Å². The van der Waals surface area contributed by atoms with E-state index in [1.807, 2.05) is 13.0 Å². The van der Waals surface area contributed by atoms with E-state index in [9.17, 15) is 10.1 Å². The zero-order valence-electron chi connectivity index (χ0n) is 9.83. The number of hydrogen-bond acceptors (Lipinski definition) is 5. The van der Waals surface area contributed by atoms with Crippen molar-refractivity contribution in [2.24, 2.45) is 0 Å². The predicted molar refractivity (Wildman–Crippen MR) is 67.5 cm³/mol. The topological polar surface area (TPSA) is 76.2 Å². The van der Waals surface area contributed by atoms with Gasteiger partial charge in [0.1, 0.15) is 6.07 Å². The fourth-order valence-electron chi connectivity index (χ4n) is 1.85. The molecule has 18 heavy (non-hydrogen) atoms. The molecule has 1 saturated heterocycles. The average Bonchev–Trinajstić information content (AvgIpc) is 2.75. The molecule has 94 valence electrons. The molecular weight excluding hydrogens is 252 g/mol. The quantitative estimate of drug-likeness (QED) is 0.619. The highest BCUT2D eigenvalue weighted by molar-refractivity contribution is 8.00. The summed E-state index contributed by atoms with van der Waals surface area (Å²) < 4.78 is 5.46. The van der Waals surface area contributed by atoms with Gasteiger partial charge in [0.15, 0.2) is 0 Å². The van der Waals surface area contributed by atoms with Crippen molar-refractivity contribution in [3.8, 4) is 6.07 Å². The van der Waals surface area contributed by atoms with Crippen molar-refractivity contribution in [1.29, 1.82) is 5.26 Å². The number of nitrogens with zero attached hydrogens (tertiary/aromatic N) is 2. The number of benzene rings is 1. The van der Waals surface area contributed by atoms with Gasteiger partial charge in [0.25, 0.3) is 5.69 Å². The molecule has 0 saturated carbocycles. The number of ether oxygens (including phenoxy) is 1. The lowest BCUT2D eigenvalue weighted by Crippen LogP contribution is -2.13. The molecule has 0 radical (unpaired) electrons. The Bertz CT molecular complexity index is 513. The van der Waals surface area contributed by atoms with Crippen LogP contribution in [0.2, 0.25) is 0 Å². The van der Waals surface area contributed by atoms with Crippen molar-refractivity contribution in [3.63, 3.8) is 0 Å². The van der Waals surface area contributed by atoms with Crippen LogP contribution in [0.1, 0.15) is 18.9 Å². The first-order valence-electron chi connectivity index (χ1n) is 5.58. The van der Waals surface area contributed by atoms with Crippen LogP contribution in [0.15, 0.2) is 23.1 Å². The lowest BCUT2D eigenvalue weighted by atomic mass is 10.2. The van der Waals surface area contributed by atoms with Gasteiger partial charge in [0.05, 0.1) is 16.6 Å². The molecule has 6 heteroatoms. The molecule has 2 unspecified atom stereocenters. The minimum absolute atomic E-state index is 0.0494. The summed E-state index contributed by atoms with van der Waals surface area (Å²) in [5, 5.41) is 20.0. The Kier molecular flexibility index (Phi) is 3.84. The third kappa shape index (κ3) is 2.63. The summed E-state index contributed by atoms with van der Waals surface area (Å²) in [6.07, 6.45) is 1.09. The minimum Gasteiger partial charge on any atom is -0.377 e. The summed E-state index contributed by atoms with van der Waals surface area (Å²) in [6.45, 7) is 2.73. The zero-order chi connectivity index (χ0) is 13.1. The van der Waals surface area contributed by atoms with E-state index in [1.165, 1.54) is 12.1 Å². The van der Waals surface area contributed by atoms with E-state index >= 15 is 0 Å². The van der Waals surface area contributed by atoms with Gasteiger partial charge in [-0.15, -0.1) is 11.8 Å². The highest BCUT2D eigenvalue weighted by Crippen LogP contribution is 2.35. The van der Waals surface area contributed by atoms with Gasteiger partial charge in [0.2, 0.25) is 0 Å². The van der Waals surface area contributed by atoms with E-state index in [-0.39, 0.29) is 11.8 Å². The summed E-state index contributed by atoms with van der Waals surface area (Å²) >= 11 is 1.56. The van der Waals surface area contributed by atoms with Crippen molar-refractivity contribution < 1.29 is 9.66 Å². The van der Waals surface area contributed by atoms with E-state index in [4.69, 9.17) is 10.00 Å². The second-order valence-electron chi connectivity index (χ2n) is 4.07. The Balaban J connectivity index is 2.23. The van der Waals surface area contributed by atoms with E-state index in [0.29, 0.717) is 10.8 Å². The van der Waals surface area contributed by atoms with Gasteiger partial charge in [-0.25, -0.2) is 0 Å². The van der Waals surface area contributed by atoms with Gasteiger partial charge in [-0.3, -0.25) is 10.1 Å². The average molecular weight is 264 g/mol. The number of hydrogen-bond donors (Lipinski definition) is 0. The van der Waals surface area contributed by atoms with Gasteiger partial charge in [-0.05, 0) is 19.4 Å². The molecule has 0 spiro atoms. The van der Waals surface area contributed by atoms with Crippen LogP contribution < -0.4 is 0 Å². The maximum absolute atomic E-state index is 10.6. The smallest absolute Gasteiger partial charge is 0.270 e. The number of nitro benzene ring substituents is 1. The van der Waals surface area contributed by atoms with Gasteiger partial charge in [-0.2, -0.15) is 5.26 Å². The van der Waals surface area contributed by atoms with Crippen molar-refractivity contribution >= 4 is 17.4 Å². The first kappa shape index (κ1) is 12.9. The van der Waals surface area contributed by atoms with E-state index in [0.717, 1.165) is 17.9 Å². The fraction of sp³-hybridized carbons (Fsp3) is 0.417. The first-order chi connectivity index (χ1) is 8.61. The Morgan fingerprint density at radius 2 is 2.39 bits per heavy atom. The highest BCUT2D eigenvalue weighted by Gasteiger charge is 2.26. The minimum atomic E-state index is -0.489. The molecule has 2 atom stereocenters. The molecule has 1 aromatic carbocycles. The summed E-state index contributed by atoms with van der Waals surface area (Å²) in [7, 11) is 0. The van der Waals surface area contributed by atoms with Crippen LogP contribution in [0.4, 0.5) is 5.69 Å². The number of rotatable bonds is 3. The normalized spacial score (nSPS) is 22.7. The van der Waals surface area contributed by atoms with Crippen molar-refractivity contribution in [1.82, 2.24) is 0 Å². The van der Waals surface area contributed by atoms with Crippen LogP contribution in [0.5, 0.6) is 0 Å². The van der Waals surface area contributed by atoms with Crippen molar-refractivity contribution in [2.75, 3.05) is 6.61 Å². The van der Waals surface area contributed by atoms with Crippen LogP contribution >= 0.6 is 11.8 Å². The number of non-ortho nitro benzene ring substituents is 1. The molecule has 5 nitrogen and oxygen atoms in total. The van der Waals surface area contributed by atoms with Gasteiger partial charge >= 0.3 is 0 Å². The molecule has 1 heterocycles. The van der Waals surface area contributed by atoms with Crippen LogP contribution in [0, 0.1) is 21.4 Å². The Morgan fingerprint density at radius 3 is 2.94 bits per heavy atom. The summed E-state index contributed by atoms with van der Waals surface area (Å²) in [6, 6.07) is 6.42. The second kappa shape index (κ2) is 5.38. The third-order valence-electron chi connectivity index (χ3n) is 2.88. The fourth-order valence-corrected chi connectivity index (χ4v) is 3.04. The monoisotopic (exact) mass is 264 g/mol. The highest BCUT2D eigenvalue weighted by atomic mass is 32.2. The SMILES string of the molecule is CC1OCCC1Sc1ccc([N+](=O)[O-])cc1C#N. The first-order valence-corrected chi connectivity index (χ1v) is 6.46. The van der Waals surface area contributed by atoms with Crippen molar-refractivity contribution in [2.45, 2.75) is 29.6 Å². The molecule has 1 aromatic rings. The molecule has 1 fully saturated rings. The van der Waals surface area contributed by atoms with Crippen LogP contribution in [0.25, 0.3) is 0 Å². The maximum Gasteiger partial charge on any atom is 0.270 e. The molecule has 0 aliphatic carbocycles. The second-order valence-corrected chi connectivity index (χ2v) is 5.35. The van der Waals surface area contributed by atoms with Crippen molar-refractivity contribution in [3.05, 3.63) is 33.9 Å². The molecule has 0 bridgehead atoms. The van der Waals surface area contributed by atoms with Crippen LogP contribution in [-0.2, 0) is 4.74 Å². The maximum atomic E-state index is 10.6. The van der Waals surface area contributed by atoms with E-state index in [1.54, 1.807) is 17.8 Å². The standard InChI is InChI=1S/C12H12N2O3S/c1-8-11(4-5-17-8)18-12-3-2-10(14(15)16)6-9(12)7-13/h2-3,6,8,11H,4-5H2,1H3. The molecule has 2 rings (SSSR count). The molecule has 0 aromatic heterocycles. The third-order valence-corrected chi connectivity index (χ3v) is 4.41. The summed E-state index contributed by atoms with van der Waals surface area (Å²) in [5.41, 5.74) is 0.305. The zero-order valence-corrected chi connectivity index (χ0v) is 10.6. The van der Waals surface area contributed by atoms with Gasteiger partial charge in [0, 0.05) is 28.9 Å². The molecule has 0 amide bonds. The van der Waals surface area contributed by atoms with Crippen LogP contribution in [-0.4, -0.2) is 22.9 Å². The van der Waals surface area contributed by atoms with E-state index < -0.39 is 4.92 Å². The molecular formula is C12H12N2O3S. The van der Waals surface area contributed by atoms with Crippen LogP contribution in [0.3, 0.4) is 0 Å².